The summed E-state index contributed by atoms with van der Waals surface area (Å²) in [6.45, 7) is 1.79. The highest BCUT2D eigenvalue weighted by molar-refractivity contribution is 7.89. The van der Waals surface area contributed by atoms with Gasteiger partial charge in [0, 0.05) is 4.70 Å². The van der Waals surface area contributed by atoms with Crippen molar-refractivity contribution >= 4 is 37.4 Å². The molecule has 3 N–H and O–H groups in total. The van der Waals surface area contributed by atoms with Crippen LogP contribution in [-0.4, -0.2) is 14.3 Å². The van der Waals surface area contributed by atoms with Gasteiger partial charge in [0.2, 0.25) is 10.0 Å². The lowest BCUT2D eigenvalue weighted by atomic mass is 10.1. The number of amides is 1. The summed E-state index contributed by atoms with van der Waals surface area (Å²) < 4.78 is 36.5. The molecule has 130 valence electrons. The molecule has 0 saturated heterocycles. The molecule has 0 radical (unpaired) electrons. The van der Waals surface area contributed by atoms with Crippen molar-refractivity contribution in [2.24, 2.45) is 5.14 Å². The number of hydrogen-bond acceptors (Lipinski definition) is 4. The van der Waals surface area contributed by atoms with Gasteiger partial charge < -0.3 is 5.32 Å². The van der Waals surface area contributed by atoms with Gasteiger partial charge in [0.15, 0.2) is 0 Å². The van der Waals surface area contributed by atoms with Crippen LogP contribution in [0.3, 0.4) is 0 Å². The number of rotatable bonds is 4. The van der Waals surface area contributed by atoms with E-state index in [4.69, 9.17) is 5.14 Å². The zero-order chi connectivity index (χ0) is 18.2. The zero-order valence-electron chi connectivity index (χ0n) is 13.2. The molecule has 5 nitrogen and oxygen atoms in total. The van der Waals surface area contributed by atoms with E-state index in [1.54, 1.807) is 31.2 Å². The summed E-state index contributed by atoms with van der Waals surface area (Å²) >= 11 is 1.21. The second-order valence-electron chi connectivity index (χ2n) is 5.60. The smallest absolute Gasteiger partial charge is 0.261 e. The van der Waals surface area contributed by atoms with Gasteiger partial charge in [-0.05, 0) is 48.2 Å². The fraction of sp³-hybridized carbons (Fsp3) is 0.118. The number of fused-ring (bicyclic) bond motifs is 1. The van der Waals surface area contributed by atoms with Crippen LogP contribution < -0.4 is 10.5 Å². The lowest BCUT2D eigenvalue weighted by Crippen LogP contribution is -2.25. The van der Waals surface area contributed by atoms with Crippen LogP contribution in [0, 0.1) is 5.82 Å². The van der Waals surface area contributed by atoms with Crippen LogP contribution in [0.4, 0.5) is 4.39 Å². The molecule has 0 spiro atoms. The summed E-state index contributed by atoms with van der Waals surface area (Å²) in [6.07, 6.45) is 0. The van der Waals surface area contributed by atoms with E-state index < -0.39 is 10.0 Å². The minimum atomic E-state index is -3.75. The number of nitrogens with two attached hydrogens (primary N) is 1. The number of nitrogens with one attached hydrogen (secondary N) is 1. The number of carbonyl (C=O) groups is 1. The number of hydrogen-bond donors (Lipinski definition) is 2. The van der Waals surface area contributed by atoms with E-state index in [2.05, 4.69) is 5.32 Å². The Balaban J connectivity index is 1.77. The predicted molar refractivity (Wildman–Crippen MR) is 95.5 cm³/mol. The van der Waals surface area contributed by atoms with Crippen LogP contribution in [0.1, 0.15) is 28.2 Å². The van der Waals surface area contributed by atoms with Crippen molar-refractivity contribution in [3.8, 4) is 0 Å². The van der Waals surface area contributed by atoms with Crippen molar-refractivity contribution in [3.63, 3.8) is 0 Å². The van der Waals surface area contributed by atoms with Crippen LogP contribution in [0.25, 0.3) is 10.1 Å². The average Bonchev–Trinajstić information content (AvgIpc) is 2.97. The van der Waals surface area contributed by atoms with Crippen LogP contribution in [0.15, 0.2) is 53.4 Å². The molecule has 0 aliphatic heterocycles. The number of benzene rings is 2. The van der Waals surface area contributed by atoms with Gasteiger partial charge in [0.1, 0.15) is 5.82 Å². The molecule has 1 aromatic heterocycles. The van der Waals surface area contributed by atoms with Gasteiger partial charge in [-0.15, -0.1) is 11.3 Å². The summed E-state index contributed by atoms with van der Waals surface area (Å²) in [5.74, 6) is -0.616. The van der Waals surface area contributed by atoms with Gasteiger partial charge in [-0.25, -0.2) is 17.9 Å². The largest absolute Gasteiger partial charge is 0.345 e. The van der Waals surface area contributed by atoms with Gasteiger partial charge in [-0.1, -0.05) is 18.2 Å². The van der Waals surface area contributed by atoms with E-state index >= 15 is 0 Å². The highest BCUT2D eigenvalue weighted by atomic mass is 32.2. The Morgan fingerprint density at radius 2 is 1.84 bits per heavy atom. The Hall–Kier alpha value is -2.29. The highest BCUT2D eigenvalue weighted by Gasteiger charge is 2.15. The van der Waals surface area contributed by atoms with Gasteiger partial charge >= 0.3 is 0 Å². The first-order valence-corrected chi connectivity index (χ1v) is 9.73. The van der Waals surface area contributed by atoms with E-state index in [-0.39, 0.29) is 22.7 Å². The second kappa shape index (κ2) is 6.55. The van der Waals surface area contributed by atoms with Gasteiger partial charge in [0.25, 0.3) is 5.91 Å². The fourth-order valence-corrected chi connectivity index (χ4v) is 3.92. The summed E-state index contributed by atoms with van der Waals surface area (Å²) in [5, 5.41) is 8.71. The van der Waals surface area contributed by atoms with Crippen LogP contribution in [0.2, 0.25) is 0 Å². The summed E-state index contributed by atoms with van der Waals surface area (Å²) in [7, 11) is -3.75. The molecule has 0 aliphatic rings. The Morgan fingerprint density at radius 1 is 1.16 bits per heavy atom. The maximum atomic E-state index is 13.2. The lowest BCUT2D eigenvalue weighted by Gasteiger charge is -2.14. The summed E-state index contributed by atoms with van der Waals surface area (Å²) in [6, 6.07) is 11.8. The molecule has 1 amide bonds. The lowest BCUT2D eigenvalue weighted by molar-refractivity contribution is 0.0944. The Labute approximate surface area is 148 Å². The third-order valence-corrected chi connectivity index (χ3v) is 5.79. The average molecular weight is 378 g/mol. The first-order valence-electron chi connectivity index (χ1n) is 7.37. The molecule has 25 heavy (non-hydrogen) atoms. The van der Waals surface area contributed by atoms with E-state index in [1.165, 1.54) is 35.6 Å². The van der Waals surface area contributed by atoms with E-state index in [9.17, 15) is 17.6 Å². The molecule has 0 saturated carbocycles. The minimum Gasteiger partial charge on any atom is -0.345 e. The first kappa shape index (κ1) is 17.5. The Kier molecular flexibility index (Phi) is 4.59. The Bertz CT molecular complexity index is 1040. The molecule has 2 aromatic carbocycles. The van der Waals surface area contributed by atoms with Crippen molar-refractivity contribution in [1.82, 2.24) is 5.32 Å². The third kappa shape index (κ3) is 3.87. The van der Waals surface area contributed by atoms with Crippen molar-refractivity contribution in [2.45, 2.75) is 17.9 Å². The first-order chi connectivity index (χ1) is 11.7. The molecular formula is C17H15FN2O3S2. The highest BCUT2D eigenvalue weighted by Crippen LogP contribution is 2.27. The van der Waals surface area contributed by atoms with Crippen molar-refractivity contribution in [2.75, 3.05) is 0 Å². The molecule has 1 atom stereocenters. The number of thiophene rings is 1. The molecule has 3 aromatic rings. The number of halogens is 1. The van der Waals surface area contributed by atoms with Crippen molar-refractivity contribution in [3.05, 3.63) is 64.8 Å². The number of sulfonamides is 1. The summed E-state index contributed by atoms with van der Waals surface area (Å²) in [5.41, 5.74) is 0.743. The van der Waals surface area contributed by atoms with Gasteiger partial charge in [0.05, 0.1) is 15.8 Å². The van der Waals surface area contributed by atoms with E-state index in [0.29, 0.717) is 9.58 Å². The molecular weight excluding hydrogens is 363 g/mol. The van der Waals surface area contributed by atoms with E-state index in [1.807, 2.05) is 0 Å². The van der Waals surface area contributed by atoms with E-state index in [0.717, 1.165) is 10.9 Å². The standard InChI is InChI=1S/C17H15FN2O3S2/c1-10(11-3-6-14(7-4-11)25(19,22)23)20-17(21)16-8-12-2-5-13(18)9-15(12)24-16/h2-10H,1H3,(H,20,21)(H2,19,22,23). The maximum absolute atomic E-state index is 13.2. The van der Waals surface area contributed by atoms with Crippen molar-refractivity contribution in [1.29, 1.82) is 0 Å². The molecule has 8 heteroatoms. The normalized spacial score (nSPS) is 12.9. The Morgan fingerprint density at radius 3 is 2.48 bits per heavy atom. The quantitative estimate of drug-likeness (QED) is 0.731. The topological polar surface area (TPSA) is 89.3 Å². The minimum absolute atomic E-state index is 0.0151. The molecule has 0 aliphatic carbocycles. The summed E-state index contributed by atoms with van der Waals surface area (Å²) in [4.78, 5) is 12.9. The number of primary sulfonamides is 1. The number of carbonyl (C=O) groups excluding carboxylic acids is 1. The van der Waals surface area contributed by atoms with Crippen LogP contribution in [0.5, 0.6) is 0 Å². The van der Waals surface area contributed by atoms with Crippen molar-refractivity contribution < 1.29 is 17.6 Å². The van der Waals surface area contributed by atoms with Gasteiger partial charge in [-0.3, -0.25) is 4.79 Å². The fourth-order valence-electron chi connectivity index (χ4n) is 2.41. The molecule has 1 heterocycles. The third-order valence-electron chi connectivity index (χ3n) is 3.76. The van der Waals surface area contributed by atoms with Crippen LogP contribution in [-0.2, 0) is 10.0 Å². The monoisotopic (exact) mass is 378 g/mol. The molecule has 3 rings (SSSR count). The predicted octanol–water partition coefficient (Wildman–Crippen LogP) is 3.18. The SMILES string of the molecule is CC(NC(=O)c1cc2ccc(F)cc2s1)c1ccc(S(N)(=O)=O)cc1. The second-order valence-corrected chi connectivity index (χ2v) is 8.25. The van der Waals surface area contributed by atoms with Gasteiger partial charge in [-0.2, -0.15) is 0 Å². The molecule has 0 fully saturated rings. The molecule has 0 bridgehead atoms. The molecule has 1 unspecified atom stereocenters. The van der Waals surface area contributed by atoms with Crippen LogP contribution >= 0.6 is 11.3 Å². The maximum Gasteiger partial charge on any atom is 0.261 e. The zero-order valence-corrected chi connectivity index (χ0v) is 14.8.